The van der Waals surface area contributed by atoms with E-state index in [2.05, 4.69) is 4.99 Å². The molecule has 8 nitrogen and oxygen atoms in total. The van der Waals surface area contributed by atoms with Crippen LogP contribution >= 0.6 is 0 Å². The second kappa shape index (κ2) is 9.10. The number of nitrogens with zero attached hydrogens (tertiary/aromatic N) is 4. The summed E-state index contributed by atoms with van der Waals surface area (Å²) in [6.07, 6.45) is 7.14. The zero-order valence-electron chi connectivity index (χ0n) is 13.3. The Hall–Kier alpha value is -4.31. The first-order valence-corrected chi connectivity index (χ1v) is 7.22. The maximum atomic E-state index is 10.5. The standard InChI is InChI=1S/C18H10N4O4/c19-9-24-16-4-13(3-15(7-16)22-12-23)1-2-14-5-17(25-10-20)8-18(6-14)26-11-21/h3-8H,1-2H2. The predicted molar refractivity (Wildman–Crippen MR) is 86.8 cm³/mol. The summed E-state index contributed by atoms with van der Waals surface area (Å²) in [4.78, 5) is 14.0. The van der Waals surface area contributed by atoms with E-state index in [4.69, 9.17) is 30.0 Å². The van der Waals surface area contributed by atoms with Gasteiger partial charge in [0.15, 0.2) is 0 Å². The van der Waals surface area contributed by atoms with Gasteiger partial charge >= 0.3 is 0 Å². The molecule has 0 aliphatic carbocycles. The largest absolute Gasteiger partial charge is 0.388 e. The van der Waals surface area contributed by atoms with Gasteiger partial charge in [-0.3, -0.25) is 0 Å². The topological polar surface area (TPSA) is 128 Å². The minimum atomic E-state index is 0.253. The van der Waals surface area contributed by atoms with E-state index in [-0.39, 0.29) is 17.2 Å². The van der Waals surface area contributed by atoms with Gasteiger partial charge in [0.2, 0.25) is 6.08 Å². The molecule has 0 saturated heterocycles. The van der Waals surface area contributed by atoms with E-state index in [1.807, 2.05) is 0 Å². The molecule has 0 atom stereocenters. The molecule has 0 heterocycles. The average molecular weight is 346 g/mol. The van der Waals surface area contributed by atoms with Gasteiger partial charge in [-0.25, -0.2) is 4.79 Å². The second-order valence-electron chi connectivity index (χ2n) is 4.93. The highest BCUT2D eigenvalue weighted by Gasteiger charge is 2.07. The van der Waals surface area contributed by atoms with Crippen LogP contribution in [0.15, 0.2) is 41.4 Å². The Labute approximate surface area is 148 Å². The van der Waals surface area contributed by atoms with Gasteiger partial charge in [0, 0.05) is 12.1 Å². The van der Waals surface area contributed by atoms with Crippen molar-refractivity contribution >= 4 is 11.8 Å². The summed E-state index contributed by atoms with van der Waals surface area (Å²) in [7, 11) is 0. The molecule has 0 radical (unpaired) electrons. The Kier molecular flexibility index (Phi) is 6.31. The molecular weight excluding hydrogens is 336 g/mol. The molecule has 0 bridgehead atoms. The molecular formula is C18H10N4O4. The molecule has 0 fully saturated rings. The van der Waals surface area contributed by atoms with Crippen LogP contribution in [0.2, 0.25) is 0 Å². The van der Waals surface area contributed by atoms with Crippen molar-refractivity contribution in [1.82, 2.24) is 0 Å². The Balaban J connectivity index is 2.25. The van der Waals surface area contributed by atoms with Gasteiger partial charge in [-0.1, -0.05) is 0 Å². The molecule has 126 valence electrons. The summed E-state index contributed by atoms with van der Waals surface area (Å²) in [6.45, 7) is 0. The molecule has 0 aromatic heterocycles. The van der Waals surface area contributed by atoms with Crippen LogP contribution in [0.4, 0.5) is 5.69 Å². The van der Waals surface area contributed by atoms with Gasteiger partial charge in [-0.2, -0.15) is 4.99 Å². The van der Waals surface area contributed by atoms with Crippen molar-refractivity contribution in [3.63, 3.8) is 0 Å². The quantitative estimate of drug-likeness (QED) is 0.428. The van der Waals surface area contributed by atoms with Crippen molar-refractivity contribution < 1.29 is 19.0 Å². The molecule has 0 aliphatic rings. The minimum absolute atomic E-state index is 0.253. The first kappa shape index (κ1) is 18.0. The normalized spacial score (nSPS) is 8.96. The zero-order valence-corrected chi connectivity index (χ0v) is 13.3. The van der Waals surface area contributed by atoms with E-state index in [1.54, 1.807) is 43.0 Å². The number of hydrogen-bond donors (Lipinski definition) is 0. The average Bonchev–Trinajstić information content (AvgIpc) is 2.61. The van der Waals surface area contributed by atoms with Crippen LogP contribution in [0.5, 0.6) is 17.2 Å². The molecule has 0 unspecified atom stereocenters. The van der Waals surface area contributed by atoms with Crippen LogP contribution in [0.1, 0.15) is 11.1 Å². The molecule has 2 aromatic carbocycles. The number of aryl methyl sites for hydroxylation is 2. The summed E-state index contributed by atoms with van der Waals surface area (Å²) in [5, 5.41) is 25.9. The fraction of sp³-hybridized carbons (Fsp3) is 0.111. The minimum Gasteiger partial charge on any atom is -0.388 e. The number of carbonyl (C=O) groups excluding carboxylic acids is 1. The SMILES string of the molecule is N#COc1cc(CCc2cc(OC#N)cc(OC#N)c2)cc(N=C=O)c1. The highest BCUT2D eigenvalue weighted by molar-refractivity contribution is 5.53. The number of hydrogen-bond acceptors (Lipinski definition) is 8. The Bertz CT molecular complexity index is 942. The third-order valence-electron chi connectivity index (χ3n) is 3.26. The Morgan fingerprint density at radius 1 is 0.731 bits per heavy atom. The number of benzene rings is 2. The van der Waals surface area contributed by atoms with Crippen molar-refractivity contribution in [2.24, 2.45) is 4.99 Å². The number of rotatable bonds is 7. The lowest BCUT2D eigenvalue weighted by Crippen LogP contribution is -1.95. The molecule has 2 rings (SSSR count). The van der Waals surface area contributed by atoms with Gasteiger partial charge in [-0.05, 0) is 48.2 Å². The van der Waals surface area contributed by atoms with Crippen molar-refractivity contribution in [3.8, 4) is 36.0 Å². The molecule has 0 saturated carbocycles. The van der Waals surface area contributed by atoms with E-state index < -0.39 is 0 Å². The van der Waals surface area contributed by atoms with Crippen LogP contribution in [0.25, 0.3) is 0 Å². The molecule has 0 N–H and O–H groups in total. The number of aliphatic imine (C=N–C) groups is 1. The fourth-order valence-electron chi connectivity index (χ4n) is 2.30. The highest BCUT2D eigenvalue weighted by Crippen LogP contribution is 2.26. The zero-order chi connectivity index (χ0) is 18.8. The summed E-state index contributed by atoms with van der Waals surface area (Å²) in [5.41, 5.74) is 1.84. The maximum Gasteiger partial charge on any atom is 0.292 e. The molecule has 0 amide bonds. The van der Waals surface area contributed by atoms with Gasteiger partial charge in [0.25, 0.3) is 18.8 Å². The van der Waals surface area contributed by atoms with Crippen molar-refractivity contribution in [2.75, 3.05) is 0 Å². The number of isocyanates is 1. The second-order valence-corrected chi connectivity index (χ2v) is 4.93. The maximum absolute atomic E-state index is 10.5. The smallest absolute Gasteiger partial charge is 0.292 e. The van der Waals surface area contributed by atoms with E-state index in [9.17, 15) is 4.79 Å². The van der Waals surface area contributed by atoms with Crippen LogP contribution in [0.3, 0.4) is 0 Å². The summed E-state index contributed by atoms with van der Waals surface area (Å²) >= 11 is 0. The lowest BCUT2D eigenvalue weighted by Gasteiger charge is -2.07. The lowest BCUT2D eigenvalue weighted by molar-refractivity contribution is 0.482. The van der Waals surface area contributed by atoms with Crippen molar-refractivity contribution in [3.05, 3.63) is 47.5 Å². The van der Waals surface area contributed by atoms with E-state index in [1.165, 1.54) is 18.2 Å². The van der Waals surface area contributed by atoms with E-state index in [0.717, 1.165) is 11.1 Å². The first-order chi connectivity index (χ1) is 12.7. The van der Waals surface area contributed by atoms with Crippen LogP contribution in [-0.4, -0.2) is 6.08 Å². The van der Waals surface area contributed by atoms with Crippen LogP contribution in [-0.2, 0) is 17.6 Å². The van der Waals surface area contributed by atoms with Crippen LogP contribution in [0, 0.1) is 34.6 Å². The fourth-order valence-corrected chi connectivity index (χ4v) is 2.30. The third-order valence-corrected chi connectivity index (χ3v) is 3.26. The third kappa shape index (κ3) is 5.11. The summed E-state index contributed by atoms with van der Waals surface area (Å²) in [5.74, 6) is 0.764. The molecule has 0 spiro atoms. The van der Waals surface area contributed by atoms with Gasteiger partial charge in [0.05, 0.1) is 5.69 Å². The molecule has 0 aliphatic heterocycles. The summed E-state index contributed by atoms with van der Waals surface area (Å²) < 4.78 is 14.4. The molecule has 8 heteroatoms. The Morgan fingerprint density at radius 2 is 1.19 bits per heavy atom. The monoisotopic (exact) mass is 346 g/mol. The van der Waals surface area contributed by atoms with Crippen molar-refractivity contribution in [2.45, 2.75) is 12.8 Å². The van der Waals surface area contributed by atoms with Crippen molar-refractivity contribution in [1.29, 1.82) is 15.8 Å². The van der Waals surface area contributed by atoms with Gasteiger partial charge < -0.3 is 14.2 Å². The molecule has 26 heavy (non-hydrogen) atoms. The van der Waals surface area contributed by atoms with Gasteiger partial charge in [0.1, 0.15) is 17.2 Å². The van der Waals surface area contributed by atoms with E-state index in [0.29, 0.717) is 18.5 Å². The Morgan fingerprint density at radius 3 is 1.65 bits per heavy atom. The predicted octanol–water partition coefficient (Wildman–Crippen LogP) is 3.02. The molecule has 2 aromatic rings. The van der Waals surface area contributed by atoms with Crippen LogP contribution < -0.4 is 14.2 Å². The summed E-state index contributed by atoms with van der Waals surface area (Å²) in [6, 6.07) is 9.47. The van der Waals surface area contributed by atoms with E-state index >= 15 is 0 Å². The van der Waals surface area contributed by atoms with Gasteiger partial charge in [-0.15, -0.1) is 15.8 Å². The lowest BCUT2D eigenvalue weighted by atomic mass is 10.0. The first-order valence-electron chi connectivity index (χ1n) is 7.22. The number of ether oxygens (including phenoxy) is 3. The highest BCUT2D eigenvalue weighted by atomic mass is 16.5. The number of nitriles is 3.